The van der Waals surface area contributed by atoms with Crippen LogP contribution in [0.3, 0.4) is 0 Å². The van der Waals surface area contributed by atoms with Gasteiger partial charge in [0.05, 0.1) is 13.8 Å². The highest BCUT2D eigenvalue weighted by Gasteiger charge is 2.47. The molecule has 31 heavy (non-hydrogen) atoms. The lowest BCUT2D eigenvalue weighted by Crippen LogP contribution is -2.52. The molecule has 0 aromatic heterocycles. The molecule has 2 aromatic carbocycles. The van der Waals surface area contributed by atoms with Crippen LogP contribution in [-0.4, -0.2) is 67.2 Å². The minimum Gasteiger partial charge on any atom is -0.497 e. The fourth-order valence-corrected chi connectivity index (χ4v) is 4.22. The van der Waals surface area contributed by atoms with Crippen molar-refractivity contribution in [1.29, 1.82) is 0 Å². The summed E-state index contributed by atoms with van der Waals surface area (Å²) in [7, 11) is 1.64. The summed E-state index contributed by atoms with van der Waals surface area (Å²) < 4.78 is 5.19. The van der Waals surface area contributed by atoms with E-state index in [9.17, 15) is 9.59 Å². The van der Waals surface area contributed by atoms with Gasteiger partial charge >= 0.3 is 6.03 Å². The quantitative estimate of drug-likeness (QED) is 0.695. The fourth-order valence-electron chi connectivity index (χ4n) is 4.22. The number of aryl methyl sites for hydroxylation is 1. The monoisotopic (exact) mass is 422 g/mol. The van der Waals surface area contributed by atoms with Gasteiger partial charge in [0, 0.05) is 31.9 Å². The van der Waals surface area contributed by atoms with Crippen LogP contribution in [-0.2, 0) is 11.2 Å². The van der Waals surface area contributed by atoms with Gasteiger partial charge < -0.3 is 15.0 Å². The van der Waals surface area contributed by atoms with Crippen molar-refractivity contribution >= 4 is 17.6 Å². The van der Waals surface area contributed by atoms with E-state index in [1.54, 1.807) is 7.11 Å². The summed E-state index contributed by atoms with van der Waals surface area (Å²) in [5.74, 6) is 0.662. The molecular weight excluding hydrogens is 392 g/mol. The Balaban J connectivity index is 1.31. The minimum absolute atomic E-state index is 0.142. The number of hydrogen-bond donors (Lipinski definition) is 1. The van der Waals surface area contributed by atoms with Crippen molar-refractivity contribution in [3.8, 4) is 5.75 Å². The standard InChI is InChI=1S/C24H30N4O3/c1-24(13-12-19-8-10-21(31-2)11-9-19)22(29)28(23(30)25-24)18-26-14-16-27(17-15-26)20-6-4-3-5-7-20/h3-11H,12-18H2,1-2H3,(H,25,30)/t24-/m0/s1. The molecule has 3 amide bonds. The van der Waals surface area contributed by atoms with Crippen molar-refractivity contribution in [3.63, 3.8) is 0 Å². The highest BCUT2D eigenvalue weighted by molar-refractivity contribution is 6.06. The first kappa shape index (κ1) is 21.2. The van der Waals surface area contributed by atoms with E-state index >= 15 is 0 Å². The number of rotatable bonds is 7. The number of hydrogen-bond acceptors (Lipinski definition) is 5. The van der Waals surface area contributed by atoms with Gasteiger partial charge in [-0.15, -0.1) is 0 Å². The van der Waals surface area contributed by atoms with Crippen molar-refractivity contribution in [1.82, 2.24) is 15.1 Å². The smallest absolute Gasteiger partial charge is 0.326 e. The summed E-state index contributed by atoms with van der Waals surface area (Å²) >= 11 is 0. The number of methoxy groups -OCH3 is 1. The highest BCUT2D eigenvalue weighted by Crippen LogP contribution is 2.25. The number of carbonyl (C=O) groups excluding carboxylic acids is 2. The molecular formula is C24H30N4O3. The van der Waals surface area contributed by atoms with Crippen LogP contribution >= 0.6 is 0 Å². The highest BCUT2D eigenvalue weighted by atomic mass is 16.5. The van der Waals surface area contributed by atoms with E-state index in [0.29, 0.717) is 19.5 Å². The summed E-state index contributed by atoms with van der Waals surface area (Å²) in [4.78, 5) is 31.6. The molecule has 2 aliphatic rings. The summed E-state index contributed by atoms with van der Waals surface area (Å²) in [6, 6.07) is 17.8. The van der Waals surface area contributed by atoms with Crippen LogP contribution in [0.2, 0.25) is 0 Å². The van der Waals surface area contributed by atoms with E-state index in [1.807, 2.05) is 49.4 Å². The minimum atomic E-state index is -0.872. The predicted molar refractivity (Wildman–Crippen MR) is 120 cm³/mol. The molecule has 0 aliphatic carbocycles. The number of imide groups is 1. The van der Waals surface area contributed by atoms with E-state index in [4.69, 9.17) is 4.74 Å². The first-order valence-corrected chi connectivity index (χ1v) is 10.8. The van der Waals surface area contributed by atoms with Gasteiger partial charge in [-0.05, 0) is 49.6 Å². The zero-order valence-electron chi connectivity index (χ0n) is 18.2. The van der Waals surface area contributed by atoms with Crippen LogP contribution in [0.5, 0.6) is 5.75 Å². The summed E-state index contributed by atoms with van der Waals surface area (Å²) in [6.07, 6.45) is 1.26. The van der Waals surface area contributed by atoms with E-state index in [2.05, 4.69) is 27.2 Å². The maximum atomic E-state index is 13.1. The number of urea groups is 1. The third-order valence-electron chi connectivity index (χ3n) is 6.25. The first-order chi connectivity index (χ1) is 15.0. The lowest BCUT2D eigenvalue weighted by Gasteiger charge is -2.37. The number of piperazine rings is 1. The number of nitrogens with zero attached hydrogens (tertiary/aromatic N) is 3. The Bertz CT molecular complexity index is 910. The molecule has 1 atom stereocenters. The Morgan fingerprint density at radius 3 is 2.29 bits per heavy atom. The second kappa shape index (κ2) is 8.98. The Hall–Kier alpha value is -3.06. The van der Waals surface area contributed by atoms with Crippen LogP contribution in [0.15, 0.2) is 54.6 Å². The van der Waals surface area contributed by atoms with Gasteiger partial charge in [-0.3, -0.25) is 9.69 Å². The largest absolute Gasteiger partial charge is 0.497 e. The molecule has 2 heterocycles. The third kappa shape index (κ3) is 4.66. The lowest BCUT2D eigenvalue weighted by molar-refractivity contribution is -0.132. The molecule has 2 saturated heterocycles. The number of nitrogens with one attached hydrogen (secondary N) is 1. The summed E-state index contributed by atoms with van der Waals surface area (Å²) in [5.41, 5.74) is 1.45. The summed E-state index contributed by atoms with van der Waals surface area (Å²) in [6.45, 7) is 5.54. The van der Waals surface area contributed by atoms with Gasteiger partial charge in [0.15, 0.2) is 0 Å². The van der Waals surface area contributed by atoms with E-state index < -0.39 is 5.54 Å². The zero-order valence-corrected chi connectivity index (χ0v) is 18.2. The van der Waals surface area contributed by atoms with Gasteiger partial charge in [0.1, 0.15) is 11.3 Å². The maximum absolute atomic E-state index is 13.1. The molecule has 0 spiro atoms. The Kier molecular flexibility index (Phi) is 6.13. The van der Waals surface area contributed by atoms with Crippen LogP contribution < -0.4 is 15.0 Å². The van der Waals surface area contributed by atoms with Crippen LogP contribution in [0.4, 0.5) is 10.5 Å². The lowest BCUT2D eigenvalue weighted by atomic mass is 9.93. The predicted octanol–water partition coefficient (Wildman–Crippen LogP) is 2.72. The normalized spacial score (nSPS) is 22.0. The first-order valence-electron chi connectivity index (χ1n) is 10.8. The maximum Gasteiger partial charge on any atom is 0.326 e. The molecule has 2 aliphatic heterocycles. The van der Waals surface area contributed by atoms with Crippen molar-refractivity contribution < 1.29 is 14.3 Å². The van der Waals surface area contributed by atoms with Crippen LogP contribution in [0.25, 0.3) is 0 Å². The zero-order chi connectivity index (χ0) is 21.8. The number of ether oxygens (including phenoxy) is 1. The number of para-hydroxylation sites is 1. The van der Waals surface area contributed by atoms with Gasteiger partial charge in [0.2, 0.25) is 0 Å². The molecule has 2 aromatic rings. The molecule has 164 valence electrons. The van der Waals surface area contributed by atoms with E-state index in [0.717, 1.165) is 37.5 Å². The van der Waals surface area contributed by atoms with Crippen LogP contribution in [0.1, 0.15) is 18.9 Å². The molecule has 0 saturated carbocycles. The molecule has 0 radical (unpaired) electrons. The fraction of sp³-hybridized carbons (Fsp3) is 0.417. The third-order valence-corrected chi connectivity index (χ3v) is 6.25. The molecule has 0 bridgehead atoms. The molecule has 2 fully saturated rings. The van der Waals surface area contributed by atoms with E-state index in [1.165, 1.54) is 10.6 Å². The van der Waals surface area contributed by atoms with Crippen LogP contribution in [0, 0.1) is 0 Å². The molecule has 7 heteroatoms. The van der Waals surface area contributed by atoms with Gasteiger partial charge in [-0.25, -0.2) is 9.69 Å². The molecule has 7 nitrogen and oxygen atoms in total. The Morgan fingerprint density at radius 2 is 1.65 bits per heavy atom. The number of anilines is 1. The van der Waals surface area contributed by atoms with Crippen molar-refractivity contribution in [2.45, 2.75) is 25.3 Å². The molecule has 1 N–H and O–H groups in total. The van der Waals surface area contributed by atoms with Crippen molar-refractivity contribution in [2.24, 2.45) is 0 Å². The van der Waals surface area contributed by atoms with Crippen molar-refractivity contribution in [3.05, 3.63) is 60.2 Å². The Morgan fingerprint density at radius 1 is 0.968 bits per heavy atom. The van der Waals surface area contributed by atoms with Gasteiger partial charge in [-0.2, -0.15) is 0 Å². The summed E-state index contributed by atoms with van der Waals surface area (Å²) in [5, 5.41) is 2.92. The average Bonchev–Trinajstić information content (AvgIpc) is 3.02. The van der Waals surface area contributed by atoms with Gasteiger partial charge in [0.25, 0.3) is 5.91 Å². The molecule has 0 unspecified atom stereocenters. The Labute approximate surface area is 183 Å². The second-order valence-corrected chi connectivity index (χ2v) is 8.43. The SMILES string of the molecule is COc1ccc(CC[C@]2(C)NC(=O)N(CN3CCN(c4ccccc4)CC3)C2=O)cc1. The average molecular weight is 423 g/mol. The number of benzene rings is 2. The molecule has 4 rings (SSSR count). The second-order valence-electron chi connectivity index (χ2n) is 8.43. The number of carbonyl (C=O) groups is 2. The topological polar surface area (TPSA) is 65.1 Å². The number of amides is 3. The van der Waals surface area contributed by atoms with Crippen molar-refractivity contribution in [2.75, 3.05) is 44.9 Å². The van der Waals surface area contributed by atoms with E-state index in [-0.39, 0.29) is 11.9 Å². The van der Waals surface area contributed by atoms with Gasteiger partial charge in [-0.1, -0.05) is 30.3 Å².